The summed E-state index contributed by atoms with van der Waals surface area (Å²) in [6, 6.07) is 6.86. The standard InChI is InChI=1S/C15H13NO5/c1-9(15(18)13-6-7-21-10(13)2)14(17)11-4-3-5-12(8-11)16(19)20/h3-9H,1-2H3. The molecule has 1 unspecified atom stereocenters. The van der Waals surface area contributed by atoms with Crippen molar-refractivity contribution in [1.82, 2.24) is 0 Å². The smallest absolute Gasteiger partial charge is 0.270 e. The van der Waals surface area contributed by atoms with Gasteiger partial charge in [0.25, 0.3) is 5.69 Å². The van der Waals surface area contributed by atoms with E-state index in [0.29, 0.717) is 11.3 Å². The maximum Gasteiger partial charge on any atom is 0.270 e. The lowest BCUT2D eigenvalue weighted by atomic mass is 9.91. The molecule has 0 aliphatic carbocycles. The summed E-state index contributed by atoms with van der Waals surface area (Å²) in [5, 5.41) is 10.7. The Morgan fingerprint density at radius 1 is 1.24 bits per heavy atom. The molecule has 6 heteroatoms. The molecule has 2 aromatic rings. The third-order valence-electron chi connectivity index (χ3n) is 3.25. The number of hydrogen-bond acceptors (Lipinski definition) is 5. The zero-order valence-electron chi connectivity index (χ0n) is 11.5. The van der Waals surface area contributed by atoms with Crippen LogP contribution < -0.4 is 0 Å². The molecule has 0 saturated heterocycles. The highest BCUT2D eigenvalue weighted by Crippen LogP contribution is 2.20. The topological polar surface area (TPSA) is 90.4 Å². The lowest BCUT2D eigenvalue weighted by Crippen LogP contribution is -2.21. The lowest BCUT2D eigenvalue weighted by molar-refractivity contribution is -0.384. The molecule has 1 heterocycles. The fourth-order valence-corrected chi connectivity index (χ4v) is 2.02. The molecule has 0 saturated carbocycles. The van der Waals surface area contributed by atoms with E-state index in [4.69, 9.17) is 4.42 Å². The summed E-state index contributed by atoms with van der Waals surface area (Å²) in [6.45, 7) is 3.12. The van der Waals surface area contributed by atoms with Gasteiger partial charge in [0.1, 0.15) is 5.76 Å². The van der Waals surface area contributed by atoms with Crippen molar-refractivity contribution in [2.45, 2.75) is 13.8 Å². The van der Waals surface area contributed by atoms with Crippen LogP contribution in [0.3, 0.4) is 0 Å². The van der Waals surface area contributed by atoms with Gasteiger partial charge in [-0.25, -0.2) is 0 Å². The number of furan rings is 1. The fraction of sp³-hybridized carbons (Fsp3) is 0.200. The van der Waals surface area contributed by atoms with E-state index >= 15 is 0 Å². The van der Waals surface area contributed by atoms with Crippen molar-refractivity contribution < 1.29 is 18.9 Å². The van der Waals surface area contributed by atoms with Gasteiger partial charge in [-0.1, -0.05) is 12.1 Å². The van der Waals surface area contributed by atoms with Crippen molar-refractivity contribution in [3.8, 4) is 0 Å². The molecule has 1 aromatic carbocycles. The molecule has 108 valence electrons. The minimum Gasteiger partial charge on any atom is -0.469 e. The van der Waals surface area contributed by atoms with Crippen LogP contribution in [0.15, 0.2) is 41.0 Å². The highest BCUT2D eigenvalue weighted by Gasteiger charge is 2.26. The first-order valence-corrected chi connectivity index (χ1v) is 6.28. The van der Waals surface area contributed by atoms with Crippen LogP contribution in [0.2, 0.25) is 0 Å². The number of ketones is 2. The summed E-state index contributed by atoms with van der Waals surface area (Å²) >= 11 is 0. The van der Waals surface area contributed by atoms with Crippen LogP contribution >= 0.6 is 0 Å². The zero-order chi connectivity index (χ0) is 15.6. The number of nitro benzene ring substituents is 1. The van der Waals surface area contributed by atoms with Gasteiger partial charge in [-0.2, -0.15) is 0 Å². The minimum atomic E-state index is -0.927. The van der Waals surface area contributed by atoms with E-state index in [1.54, 1.807) is 6.92 Å². The van der Waals surface area contributed by atoms with Crippen LogP contribution in [0.25, 0.3) is 0 Å². The maximum atomic E-state index is 12.3. The van der Waals surface area contributed by atoms with E-state index in [9.17, 15) is 19.7 Å². The van der Waals surface area contributed by atoms with Crippen LogP contribution in [0.1, 0.15) is 33.4 Å². The molecule has 0 amide bonds. The quantitative estimate of drug-likeness (QED) is 0.364. The van der Waals surface area contributed by atoms with Crippen molar-refractivity contribution in [1.29, 1.82) is 0 Å². The Morgan fingerprint density at radius 3 is 2.52 bits per heavy atom. The number of benzene rings is 1. The third kappa shape index (κ3) is 2.89. The molecule has 0 aliphatic rings. The highest BCUT2D eigenvalue weighted by atomic mass is 16.6. The number of rotatable bonds is 5. The van der Waals surface area contributed by atoms with Gasteiger partial charge in [0.2, 0.25) is 0 Å². The monoisotopic (exact) mass is 287 g/mol. The Hall–Kier alpha value is -2.76. The summed E-state index contributed by atoms with van der Waals surface area (Å²) in [4.78, 5) is 34.7. The van der Waals surface area contributed by atoms with E-state index in [-0.39, 0.29) is 17.0 Å². The average Bonchev–Trinajstić information content (AvgIpc) is 2.91. The Labute approximate surface area is 120 Å². The molecule has 0 radical (unpaired) electrons. The van der Waals surface area contributed by atoms with Crippen molar-refractivity contribution in [3.05, 3.63) is 63.6 Å². The summed E-state index contributed by atoms with van der Waals surface area (Å²) in [7, 11) is 0. The highest BCUT2D eigenvalue weighted by molar-refractivity contribution is 6.16. The molecule has 21 heavy (non-hydrogen) atoms. The average molecular weight is 287 g/mol. The first-order chi connectivity index (χ1) is 9.91. The summed E-state index contributed by atoms with van der Waals surface area (Å²) < 4.78 is 5.05. The number of hydrogen-bond donors (Lipinski definition) is 0. The van der Waals surface area contributed by atoms with Crippen molar-refractivity contribution in [2.24, 2.45) is 5.92 Å². The predicted octanol–water partition coefficient (Wildman–Crippen LogP) is 3.20. The number of non-ortho nitro benzene ring substituents is 1. The Balaban J connectivity index is 2.27. The first-order valence-electron chi connectivity index (χ1n) is 6.28. The molecule has 0 aliphatic heterocycles. The molecule has 0 fully saturated rings. The van der Waals surface area contributed by atoms with Crippen molar-refractivity contribution in [2.75, 3.05) is 0 Å². The molecule has 0 N–H and O–H groups in total. The number of carbonyl (C=O) groups excluding carboxylic acids is 2. The molecule has 0 bridgehead atoms. The number of Topliss-reactive ketones (excluding diaryl/α,β-unsaturated/α-hetero) is 2. The van der Waals surface area contributed by atoms with Crippen LogP contribution in [0.5, 0.6) is 0 Å². The molecule has 6 nitrogen and oxygen atoms in total. The molecular weight excluding hydrogens is 274 g/mol. The Morgan fingerprint density at radius 2 is 1.95 bits per heavy atom. The molecule has 1 atom stereocenters. The summed E-state index contributed by atoms with van der Waals surface area (Å²) in [5.74, 6) is -1.30. The van der Waals surface area contributed by atoms with E-state index in [1.165, 1.54) is 43.5 Å². The second kappa shape index (κ2) is 5.70. The van der Waals surface area contributed by atoms with Gasteiger partial charge in [0.15, 0.2) is 11.6 Å². The van der Waals surface area contributed by atoms with Gasteiger partial charge < -0.3 is 4.42 Å². The third-order valence-corrected chi connectivity index (χ3v) is 3.25. The number of aryl methyl sites for hydroxylation is 1. The van der Waals surface area contributed by atoms with Crippen molar-refractivity contribution >= 4 is 17.3 Å². The fourth-order valence-electron chi connectivity index (χ4n) is 2.02. The summed E-state index contributed by atoms with van der Waals surface area (Å²) in [6.07, 6.45) is 1.38. The number of nitrogens with zero attached hydrogens (tertiary/aromatic N) is 1. The summed E-state index contributed by atoms with van der Waals surface area (Å²) in [5.41, 5.74) is 0.312. The molecule has 1 aromatic heterocycles. The normalized spacial score (nSPS) is 11.9. The maximum absolute atomic E-state index is 12.3. The Bertz CT molecular complexity index is 716. The van der Waals surface area contributed by atoms with Gasteiger partial charge >= 0.3 is 0 Å². The van der Waals surface area contributed by atoms with E-state index in [1.807, 2.05) is 0 Å². The molecule has 0 spiro atoms. The van der Waals surface area contributed by atoms with Gasteiger partial charge in [-0.3, -0.25) is 19.7 Å². The van der Waals surface area contributed by atoms with E-state index in [2.05, 4.69) is 0 Å². The Kier molecular flexibility index (Phi) is 3.98. The van der Waals surface area contributed by atoms with Crippen LogP contribution in [0, 0.1) is 23.0 Å². The van der Waals surface area contributed by atoms with Crippen molar-refractivity contribution in [3.63, 3.8) is 0 Å². The molecule has 2 rings (SSSR count). The van der Waals surface area contributed by atoms with Crippen LogP contribution in [-0.2, 0) is 0 Å². The second-order valence-electron chi connectivity index (χ2n) is 4.65. The van der Waals surface area contributed by atoms with Crippen LogP contribution in [-0.4, -0.2) is 16.5 Å². The van der Waals surface area contributed by atoms with Gasteiger partial charge in [0.05, 0.1) is 22.7 Å². The van der Waals surface area contributed by atoms with Gasteiger partial charge in [0, 0.05) is 17.7 Å². The zero-order valence-corrected chi connectivity index (χ0v) is 11.5. The largest absolute Gasteiger partial charge is 0.469 e. The first kappa shape index (κ1) is 14.6. The SMILES string of the molecule is Cc1occc1C(=O)C(C)C(=O)c1cccc([N+](=O)[O-])c1. The predicted molar refractivity (Wildman–Crippen MR) is 74.4 cm³/mol. The molecular formula is C15H13NO5. The number of carbonyl (C=O) groups is 2. The van der Waals surface area contributed by atoms with E-state index in [0.717, 1.165) is 0 Å². The van der Waals surface area contributed by atoms with Gasteiger partial charge in [-0.05, 0) is 19.9 Å². The lowest BCUT2D eigenvalue weighted by Gasteiger charge is -2.09. The van der Waals surface area contributed by atoms with E-state index < -0.39 is 16.6 Å². The second-order valence-corrected chi connectivity index (χ2v) is 4.65. The number of nitro groups is 1. The van der Waals surface area contributed by atoms with Crippen LogP contribution in [0.4, 0.5) is 5.69 Å². The minimum absolute atomic E-state index is 0.145. The van der Waals surface area contributed by atoms with Gasteiger partial charge in [-0.15, -0.1) is 0 Å².